The van der Waals surface area contributed by atoms with Crippen molar-refractivity contribution in [2.75, 3.05) is 0 Å². The molecule has 0 aliphatic rings. The molecule has 0 bridgehead atoms. The smallest absolute Gasteiger partial charge is 0.124 e. The van der Waals surface area contributed by atoms with E-state index in [9.17, 15) is 4.39 Å². The molecule has 130 valence electrons. The molecule has 0 unspecified atom stereocenters. The van der Waals surface area contributed by atoms with Crippen LogP contribution in [0.5, 0.6) is 5.75 Å². The molecule has 0 radical (unpaired) electrons. The van der Waals surface area contributed by atoms with E-state index in [1.807, 2.05) is 18.2 Å². The summed E-state index contributed by atoms with van der Waals surface area (Å²) in [7, 11) is 0. The number of hydrogen-bond donors (Lipinski definition) is 1. The molecular weight excluding hydrogens is 337 g/mol. The van der Waals surface area contributed by atoms with Gasteiger partial charge in [-0.1, -0.05) is 61.8 Å². The number of halogens is 2. The molecule has 0 atom stereocenters. The summed E-state index contributed by atoms with van der Waals surface area (Å²) in [5, 5.41) is 6.17. The predicted molar refractivity (Wildman–Crippen MR) is 102 cm³/mol. The number of benzene rings is 3. The summed E-state index contributed by atoms with van der Waals surface area (Å²) in [5.41, 5.74) is 1.88. The van der Waals surface area contributed by atoms with E-state index in [0.717, 1.165) is 16.9 Å². The molecule has 3 rings (SSSR count). The zero-order valence-corrected chi connectivity index (χ0v) is 15.1. The van der Waals surface area contributed by atoms with Gasteiger partial charge in [0.1, 0.15) is 18.2 Å². The Morgan fingerprint density at radius 1 is 1.08 bits per heavy atom. The fraction of sp³-hybridized carbons (Fsp3) is 0.238. The van der Waals surface area contributed by atoms with Crippen molar-refractivity contribution in [3.63, 3.8) is 0 Å². The van der Waals surface area contributed by atoms with Gasteiger partial charge in [0.15, 0.2) is 0 Å². The monoisotopic (exact) mass is 357 g/mol. The minimum absolute atomic E-state index is 0.298. The molecule has 3 aromatic rings. The van der Waals surface area contributed by atoms with E-state index in [0.29, 0.717) is 24.2 Å². The first kappa shape index (κ1) is 17.7. The average Bonchev–Trinajstić information content (AvgIpc) is 2.59. The van der Waals surface area contributed by atoms with Crippen molar-refractivity contribution < 1.29 is 9.13 Å². The van der Waals surface area contributed by atoms with Crippen LogP contribution in [0.2, 0.25) is 5.02 Å². The van der Waals surface area contributed by atoms with Crippen LogP contribution in [0.3, 0.4) is 0 Å². The Kier molecular flexibility index (Phi) is 5.57. The van der Waals surface area contributed by atoms with Gasteiger partial charge >= 0.3 is 0 Å². The van der Waals surface area contributed by atoms with Gasteiger partial charge in [-0.15, -0.1) is 0 Å². The Morgan fingerprint density at radius 3 is 2.64 bits per heavy atom. The fourth-order valence-electron chi connectivity index (χ4n) is 2.73. The van der Waals surface area contributed by atoms with E-state index in [2.05, 4.69) is 37.4 Å². The second-order valence-corrected chi connectivity index (χ2v) is 6.73. The van der Waals surface area contributed by atoms with Crippen molar-refractivity contribution in [3.8, 4) is 5.75 Å². The number of ether oxygens (including phenoxy) is 1. The topological polar surface area (TPSA) is 21.3 Å². The Bertz CT molecular complexity index is 879. The summed E-state index contributed by atoms with van der Waals surface area (Å²) in [6.07, 6.45) is 0. The first-order chi connectivity index (χ1) is 12.0. The highest BCUT2D eigenvalue weighted by Crippen LogP contribution is 2.29. The third-order valence-corrected chi connectivity index (χ3v) is 4.43. The summed E-state index contributed by atoms with van der Waals surface area (Å²) in [4.78, 5) is 0. The van der Waals surface area contributed by atoms with Gasteiger partial charge in [0.2, 0.25) is 0 Å². The minimum atomic E-state index is -0.346. The molecule has 2 nitrogen and oxygen atoms in total. The van der Waals surface area contributed by atoms with Crippen LogP contribution in [0.25, 0.3) is 10.8 Å². The van der Waals surface area contributed by atoms with Crippen LogP contribution in [0.1, 0.15) is 25.0 Å². The Balaban J connectivity index is 1.90. The number of fused-ring (bicyclic) bond motifs is 1. The van der Waals surface area contributed by atoms with Crippen molar-refractivity contribution >= 4 is 22.4 Å². The summed E-state index contributed by atoms with van der Waals surface area (Å²) in [5.74, 6) is 0.466. The van der Waals surface area contributed by atoms with Gasteiger partial charge in [0, 0.05) is 23.7 Å². The van der Waals surface area contributed by atoms with Crippen LogP contribution in [-0.2, 0) is 13.2 Å². The van der Waals surface area contributed by atoms with Gasteiger partial charge in [-0.05, 0) is 29.0 Å². The summed E-state index contributed by atoms with van der Waals surface area (Å²) >= 11 is 6.10. The molecule has 0 aromatic heterocycles. The first-order valence-corrected chi connectivity index (χ1v) is 8.73. The highest BCUT2D eigenvalue weighted by Gasteiger charge is 2.11. The maximum atomic E-state index is 13.2. The van der Waals surface area contributed by atoms with Crippen molar-refractivity contribution in [2.45, 2.75) is 33.0 Å². The Hall–Kier alpha value is -2.10. The molecule has 0 amide bonds. The summed E-state index contributed by atoms with van der Waals surface area (Å²) < 4.78 is 19.2. The van der Waals surface area contributed by atoms with Gasteiger partial charge in [-0.25, -0.2) is 4.39 Å². The third kappa shape index (κ3) is 4.30. The zero-order chi connectivity index (χ0) is 17.8. The van der Waals surface area contributed by atoms with E-state index in [1.165, 1.54) is 22.9 Å². The quantitative estimate of drug-likeness (QED) is 0.610. The minimum Gasteiger partial charge on any atom is -0.488 e. The van der Waals surface area contributed by atoms with E-state index >= 15 is 0 Å². The van der Waals surface area contributed by atoms with Crippen LogP contribution in [0.15, 0.2) is 54.6 Å². The second-order valence-electron chi connectivity index (χ2n) is 6.32. The molecule has 0 spiro atoms. The lowest BCUT2D eigenvalue weighted by atomic mass is 10.0. The highest BCUT2D eigenvalue weighted by molar-refractivity contribution is 6.31. The molecule has 0 fully saturated rings. The van der Waals surface area contributed by atoms with Crippen molar-refractivity contribution in [1.29, 1.82) is 0 Å². The molecule has 0 saturated heterocycles. The van der Waals surface area contributed by atoms with Crippen molar-refractivity contribution in [1.82, 2.24) is 5.32 Å². The Morgan fingerprint density at radius 2 is 1.88 bits per heavy atom. The molecule has 3 aromatic carbocycles. The largest absolute Gasteiger partial charge is 0.488 e. The number of rotatable bonds is 6. The molecule has 0 saturated carbocycles. The zero-order valence-electron chi connectivity index (χ0n) is 14.4. The van der Waals surface area contributed by atoms with Crippen LogP contribution in [-0.4, -0.2) is 6.04 Å². The van der Waals surface area contributed by atoms with Crippen LogP contribution < -0.4 is 10.1 Å². The van der Waals surface area contributed by atoms with Gasteiger partial charge in [-0.3, -0.25) is 0 Å². The SMILES string of the molecule is CC(C)NCc1c(OCc2ccc(F)cc2Cl)ccc2ccccc12. The van der Waals surface area contributed by atoms with Gasteiger partial charge < -0.3 is 10.1 Å². The van der Waals surface area contributed by atoms with E-state index in [1.54, 1.807) is 6.07 Å². The van der Waals surface area contributed by atoms with E-state index in [-0.39, 0.29) is 5.82 Å². The highest BCUT2D eigenvalue weighted by atomic mass is 35.5. The van der Waals surface area contributed by atoms with Gasteiger partial charge in [0.05, 0.1) is 5.02 Å². The van der Waals surface area contributed by atoms with Crippen molar-refractivity contribution in [2.24, 2.45) is 0 Å². The lowest BCUT2D eigenvalue weighted by Crippen LogP contribution is -2.22. The van der Waals surface area contributed by atoms with Crippen LogP contribution in [0.4, 0.5) is 4.39 Å². The maximum Gasteiger partial charge on any atom is 0.124 e. The predicted octanol–water partition coefficient (Wildman–Crippen LogP) is 5.71. The number of hydrogen-bond acceptors (Lipinski definition) is 2. The number of nitrogens with one attached hydrogen (secondary N) is 1. The molecule has 0 aliphatic heterocycles. The van der Waals surface area contributed by atoms with E-state index < -0.39 is 0 Å². The maximum absolute atomic E-state index is 13.2. The lowest BCUT2D eigenvalue weighted by Gasteiger charge is -2.17. The molecule has 0 aliphatic carbocycles. The summed E-state index contributed by atoms with van der Waals surface area (Å²) in [6, 6.07) is 17.0. The summed E-state index contributed by atoms with van der Waals surface area (Å²) in [6.45, 7) is 5.24. The van der Waals surface area contributed by atoms with Gasteiger partial charge in [-0.2, -0.15) is 0 Å². The normalized spacial score (nSPS) is 11.2. The van der Waals surface area contributed by atoms with Crippen molar-refractivity contribution in [3.05, 3.63) is 76.6 Å². The lowest BCUT2D eigenvalue weighted by molar-refractivity contribution is 0.302. The van der Waals surface area contributed by atoms with E-state index in [4.69, 9.17) is 16.3 Å². The van der Waals surface area contributed by atoms with Gasteiger partial charge in [0.25, 0.3) is 0 Å². The second kappa shape index (κ2) is 7.85. The van der Waals surface area contributed by atoms with Crippen LogP contribution in [0, 0.1) is 5.82 Å². The molecule has 1 N–H and O–H groups in total. The molecule has 25 heavy (non-hydrogen) atoms. The fourth-order valence-corrected chi connectivity index (χ4v) is 2.96. The Labute approximate surface area is 152 Å². The van der Waals surface area contributed by atoms with Crippen LogP contribution >= 0.6 is 11.6 Å². The molecule has 0 heterocycles. The standard InChI is InChI=1S/C21H21ClFNO/c1-14(2)24-12-19-18-6-4-3-5-15(18)8-10-21(19)25-13-16-7-9-17(23)11-20(16)22/h3-11,14,24H,12-13H2,1-2H3. The average molecular weight is 358 g/mol. The first-order valence-electron chi connectivity index (χ1n) is 8.35. The molecule has 4 heteroatoms. The molecular formula is C21H21ClFNO. The third-order valence-electron chi connectivity index (χ3n) is 4.08.